The van der Waals surface area contributed by atoms with Crippen LogP contribution in [0, 0.1) is 6.92 Å². The molecule has 3 rings (SSSR count). The fourth-order valence-corrected chi connectivity index (χ4v) is 4.21. The highest BCUT2D eigenvalue weighted by atomic mass is 32.2. The fourth-order valence-electron chi connectivity index (χ4n) is 2.79. The van der Waals surface area contributed by atoms with Gasteiger partial charge in [0.1, 0.15) is 0 Å². The summed E-state index contributed by atoms with van der Waals surface area (Å²) in [6, 6.07) is 14.8. The summed E-state index contributed by atoms with van der Waals surface area (Å²) in [6.45, 7) is 2.26. The van der Waals surface area contributed by atoms with E-state index in [-0.39, 0.29) is 23.1 Å². The molecular weight excluding hydrogens is 310 g/mol. The Morgan fingerprint density at radius 2 is 1.78 bits per heavy atom. The van der Waals surface area contributed by atoms with E-state index in [1.165, 1.54) is 5.56 Å². The summed E-state index contributed by atoms with van der Waals surface area (Å²) in [7, 11) is -3.27. The summed E-state index contributed by atoms with van der Waals surface area (Å²) >= 11 is 0. The van der Waals surface area contributed by atoms with Gasteiger partial charge in [0.2, 0.25) is 5.91 Å². The number of sulfone groups is 1. The fraction of sp³-hybridized carbons (Fsp3) is 0.278. The zero-order valence-corrected chi connectivity index (χ0v) is 13.8. The second-order valence-electron chi connectivity index (χ2n) is 5.82. The topological polar surface area (TPSA) is 54.5 Å². The number of anilines is 1. The number of nitrogens with zero attached hydrogens (tertiary/aromatic N) is 1. The molecule has 0 unspecified atom stereocenters. The Morgan fingerprint density at radius 1 is 1.09 bits per heavy atom. The van der Waals surface area contributed by atoms with E-state index in [0.717, 1.165) is 5.56 Å². The quantitative estimate of drug-likeness (QED) is 0.870. The lowest BCUT2D eigenvalue weighted by Gasteiger charge is -2.29. The van der Waals surface area contributed by atoms with Crippen LogP contribution in [0.1, 0.15) is 17.5 Å². The molecule has 0 saturated heterocycles. The Hall–Kier alpha value is -2.14. The first kappa shape index (κ1) is 15.7. The van der Waals surface area contributed by atoms with Gasteiger partial charge in [0.25, 0.3) is 0 Å². The number of carbonyl (C=O) groups is 1. The number of para-hydroxylation sites is 1. The van der Waals surface area contributed by atoms with Crippen molar-refractivity contribution in [3.63, 3.8) is 0 Å². The molecule has 4 nitrogen and oxygen atoms in total. The third-order valence-electron chi connectivity index (χ3n) is 4.12. The summed E-state index contributed by atoms with van der Waals surface area (Å²) in [5, 5.41) is 0. The molecule has 0 aromatic heterocycles. The zero-order chi connectivity index (χ0) is 16.4. The summed E-state index contributed by atoms with van der Waals surface area (Å²) in [6.07, 6.45) is 1.03. The van der Waals surface area contributed by atoms with Gasteiger partial charge in [-0.3, -0.25) is 4.79 Å². The Morgan fingerprint density at radius 3 is 2.52 bits per heavy atom. The molecule has 2 aromatic rings. The minimum atomic E-state index is -3.27. The number of hydrogen-bond donors (Lipinski definition) is 0. The van der Waals surface area contributed by atoms with Gasteiger partial charge in [0.15, 0.2) is 9.84 Å². The summed E-state index contributed by atoms with van der Waals surface area (Å²) in [4.78, 5) is 14.4. The van der Waals surface area contributed by atoms with Crippen LogP contribution in [-0.4, -0.2) is 26.6 Å². The number of aryl methyl sites for hydroxylation is 2. The second kappa shape index (κ2) is 6.16. The van der Waals surface area contributed by atoms with Crippen LogP contribution < -0.4 is 4.90 Å². The normalized spacial score (nSPS) is 16.0. The van der Waals surface area contributed by atoms with E-state index in [0.29, 0.717) is 18.5 Å². The van der Waals surface area contributed by atoms with E-state index in [4.69, 9.17) is 0 Å². The summed E-state index contributed by atoms with van der Waals surface area (Å²) < 4.78 is 24.2. The maximum Gasteiger partial charge on any atom is 0.227 e. The lowest BCUT2D eigenvalue weighted by molar-refractivity contribution is -0.118. The Balaban J connectivity index is 1.77. The standard InChI is InChI=1S/C18H19NO3S/c1-14-6-8-15(9-7-14)10-11-18(20)19-12-13-23(21,22)17-5-3-2-4-16(17)19/h2-9H,10-13H2,1H3. The molecule has 0 aliphatic carbocycles. The number of amides is 1. The van der Waals surface area contributed by atoms with Crippen molar-refractivity contribution in [3.8, 4) is 0 Å². The van der Waals surface area contributed by atoms with Gasteiger partial charge >= 0.3 is 0 Å². The van der Waals surface area contributed by atoms with Crippen LogP contribution >= 0.6 is 0 Å². The van der Waals surface area contributed by atoms with Gasteiger partial charge in [-0.1, -0.05) is 42.0 Å². The molecule has 0 N–H and O–H groups in total. The largest absolute Gasteiger partial charge is 0.310 e. The van der Waals surface area contributed by atoms with Gasteiger partial charge < -0.3 is 4.90 Å². The van der Waals surface area contributed by atoms with Gasteiger partial charge in [-0.2, -0.15) is 0 Å². The predicted molar refractivity (Wildman–Crippen MR) is 90.3 cm³/mol. The van der Waals surface area contributed by atoms with Crippen molar-refractivity contribution in [1.82, 2.24) is 0 Å². The highest BCUT2D eigenvalue weighted by Gasteiger charge is 2.30. The Bertz CT molecular complexity index is 826. The van der Waals surface area contributed by atoms with E-state index >= 15 is 0 Å². The van der Waals surface area contributed by atoms with Gasteiger partial charge in [0.05, 0.1) is 16.3 Å². The van der Waals surface area contributed by atoms with Crippen molar-refractivity contribution >= 4 is 21.4 Å². The summed E-state index contributed by atoms with van der Waals surface area (Å²) in [5.41, 5.74) is 2.81. The molecule has 120 valence electrons. The molecule has 1 heterocycles. The van der Waals surface area contributed by atoms with Crippen LogP contribution in [0.3, 0.4) is 0 Å². The number of rotatable bonds is 3. The van der Waals surface area contributed by atoms with Crippen molar-refractivity contribution in [2.75, 3.05) is 17.2 Å². The smallest absolute Gasteiger partial charge is 0.227 e. The molecule has 23 heavy (non-hydrogen) atoms. The molecule has 0 radical (unpaired) electrons. The van der Waals surface area contributed by atoms with E-state index in [1.807, 2.05) is 31.2 Å². The zero-order valence-electron chi connectivity index (χ0n) is 13.0. The molecule has 1 amide bonds. The maximum atomic E-state index is 12.5. The van der Waals surface area contributed by atoms with Crippen LogP contribution in [0.2, 0.25) is 0 Å². The third kappa shape index (κ3) is 3.29. The first-order valence-corrected chi connectivity index (χ1v) is 9.30. The number of hydrogen-bond acceptors (Lipinski definition) is 3. The minimum absolute atomic E-state index is 0.0136. The summed E-state index contributed by atoms with van der Waals surface area (Å²) in [5.74, 6) is -0.0479. The van der Waals surface area contributed by atoms with Crippen molar-refractivity contribution in [1.29, 1.82) is 0 Å². The van der Waals surface area contributed by atoms with Crippen molar-refractivity contribution in [2.24, 2.45) is 0 Å². The SMILES string of the molecule is Cc1ccc(CCC(=O)N2CCS(=O)(=O)c3ccccc32)cc1. The number of carbonyl (C=O) groups excluding carboxylic acids is 1. The van der Waals surface area contributed by atoms with Gasteiger partial charge in [0, 0.05) is 13.0 Å². The number of fused-ring (bicyclic) bond motifs is 1. The lowest BCUT2D eigenvalue weighted by atomic mass is 10.1. The first-order valence-electron chi connectivity index (χ1n) is 7.65. The van der Waals surface area contributed by atoms with Gasteiger partial charge in [-0.25, -0.2) is 8.42 Å². The monoisotopic (exact) mass is 329 g/mol. The average molecular weight is 329 g/mol. The van der Waals surface area contributed by atoms with Crippen LogP contribution in [0.15, 0.2) is 53.4 Å². The maximum absolute atomic E-state index is 12.5. The van der Waals surface area contributed by atoms with E-state index < -0.39 is 9.84 Å². The van der Waals surface area contributed by atoms with Crippen LogP contribution in [0.5, 0.6) is 0 Å². The number of benzene rings is 2. The molecule has 1 aliphatic heterocycles. The Labute approximate surface area is 136 Å². The molecule has 2 aromatic carbocycles. The van der Waals surface area contributed by atoms with E-state index in [9.17, 15) is 13.2 Å². The minimum Gasteiger partial charge on any atom is -0.310 e. The van der Waals surface area contributed by atoms with Crippen molar-refractivity contribution in [3.05, 3.63) is 59.7 Å². The molecule has 5 heteroatoms. The van der Waals surface area contributed by atoms with E-state index in [2.05, 4.69) is 0 Å². The molecule has 0 bridgehead atoms. The predicted octanol–water partition coefficient (Wildman–Crippen LogP) is 2.75. The first-order chi connectivity index (χ1) is 11.0. The van der Waals surface area contributed by atoms with E-state index in [1.54, 1.807) is 29.2 Å². The molecule has 1 aliphatic rings. The third-order valence-corrected chi connectivity index (χ3v) is 5.86. The van der Waals surface area contributed by atoms with Crippen LogP contribution in [0.25, 0.3) is 0 Å². The van der Waals surface area contributed by atoms with Crippen LogP contribution in [0.4, 0.5) is 5.69 Å². The highest BCUT2D eigenvalue weighted by Crippen LogP contribution is 2.30. The van der Waals surface area contributed by atoms with Gasteiger partial charge in [-0.15, -0.1) is 0 Å². The Kier molecular flexibility index (Phi) is 4.22. The molecular formula is C18H19NO3S. The van der Waals surface area contributed by atoms with Crippen molar-refractivity contribution < 1.29 is 13.2 Å². The lowest BCUT2D eigenvalue weighted by Crippen LogP contribution is -2.39. The molecule has 0 saturated carbocycles. The molecule has 0 fully saturated rings. The molecule has 0 spiro atoms. The van der Waals surface area contributed by atoms with Crippen LogP contribution in [-0.2, 0) is 21.1 Å². The van der Waals surface area contributed by atoms with Gasteiger partial charge in [-0.05, 0) is 31.0 Å². The van der Waals surface area contributed by atoms with Crippen molar-refractivity contribution in [2.45, 2.75) is 24.7 Å². The second-order valence-corrected chi connectivity index (χ2v) is 7.90. The highest BCUT2D eigenvalue weighted by molar-refractivity contribution is 7.91. The molecule has 0 atom stereocenters. The average Bonchev–Trinajstić information content (AvgIpc) is 2.54.